The fraction of sp³-hybridized carbons (Fsp3) is 0.533. The summed E-state index contributed by atoms with van der Waals surface area (Å²) in [6.45, 7) is 5.30. The van der Waals surface area contributed by atoms with Crippen LogP contribution in [-0.4, -0.2) is 25.2 Å². The number of benzene rings is 1. The van der Waals surface area contributed by atoms with Crippen LogP contribution in [0.25, 0.3) is 0 Å². The Balaban J connectivity index is 2.17. The molecule has 0 aliphatic carbocycles. The van der Waals surface area contributed by atoms with Crippen molar-refractivity contribution in [3.05, 3.63) is 35.9 Å². The Morgan fingerprint density at radius 2 is 2.00 bits per heavy atom. The van der Waals surface area contributed by atoms with Crippen molar-refractivity contribution in [1.82, 2.24) is 5.32 Å². The van der Waals surface area contributed by atoms with Crippen molar-refractivity contribution in [3.8, 4) is 0 Å². The van der Waals surface area contributed by atoms with E-state index in [1.807, 2.05) is 44.2 Å². The zero-order valence-corrected chi connectivity index (χ0v) is 11.8. The molecule has 4 heteroatoms. The van der Waals surface area contributed by atoms with E-state index in [2.05, 4.69) is 5.32 Å². The summed E-state index contributed by atoms with van der Waals surface area (Å²) in [5, 5.41) is 2.86. The van der Waals surface area contributed by atoms with E-state index in [9.17, 15) is 4.79 Å². The minimum atomic E-state index is -0.242. The first-order chi connectivity index (χ1) is 9.09. The number of hydrogen-bond acceptors (Lipinski definition) is 3. The van der Waals surface area contributed by atoms with E-state index in [1.54, 1.807) is 0 Å². The SMILES string of the molecule is CC(C)OCCCNC(=O)CC(N)c1ccccc1. The first-order valence-electron chi connectivity index (χ1n) is 6.78. The van der Waals surface area contributed by atoms with Gasteiger partial charge in [-0.05, 0) is 25.8 Å². The molecule has 1 atom stereocenters. The number of amides is 1. The molecule has 0 saturated heterocycles. The molecule has 0 aliphatic heterocycles. The van der Waals surface area contributed by atoms with Crippen molar-refractivity contribution >= 4 is 5.91 Å². The maximum Gasteiger partial charge on any atom is 0.221 e. The molecule has 1 aromatic carbocycles. The maximum atomic E-state index is 11.7. The summed E-state index contributed by atoms with van der Waals surface area (Å²) in [6, 6.07) is 9.42. The third kappa shape index (κ3) is 6.94. The molecule has 0 fully saturated rings. The van der Waals surface area contributed by atoms with Gasteiger partial charge < -0.3 is 15.8 Å². The molecule has 1 aromatic rings. The summed E-state index contributed by atoms with van der Waals surface area (Å²) in [7, 11) is 0. The van der Waals surface area contributed by atoms with Crippen molar-refractivity contribution in [2.24, 2.45) is 5.73 Å². The van der Waals surface area contributed by atoms with E-state index in [0.29, 0.717) is 19.6 Å². The monoisotopic (exact) mass is 264 g/mol. The number of nitrogens with one attached hydrogen (secondary N) is 1. The largest absolute Gasteiger partial charge is 0.379 e. The van der Waals surface area contributed by atoms with Gasteiger partial charge in [0, 0.05) is 25.6 Å². The highest BCUT2D eigenvalue weighted by atomic mass is 16.5. The molecule has 1 amide bonds. The summed E-state index contributed by atoms with van der Waals surface area (Å²) in [5.41, 5.74) is 6.97. The number of ether oxygens (including phenoxy) is 1. The highest BCUT2D eigenvalue weighted by Gasteiger charge is 2.10. The van der Waals surface area contributed by atoms with Gasteiger partial charge in [-0.25, -0.2) is 0 Å². The van der Waals surface area contributed by atoms with Gasteiger partial charge >= 0.3 is 0 Å². The van der Waals surface area contributed by atoms with Crippen LogP contribution in [0.4, 0.5) is 0 Å². The molecule has 0 spiro atoms. The quantitative estimate of drug-likeness (QED) is 0.706. The van der Waals surface area contributed by atoms with Gasteiger partial charge in [0.05, 0.1) is 6.10 Å². The summed E-state index contributed by atoms with van der Waals surface area (Å²) < 4.78 is 5.40. The van der Waals surface area contributed by atoms with Crippen LogP contribution in [0.2, 0.25) is 0 Å². The van der Waals surface area contributed by atoms with Gasteiger partial charge in [-0.15, -0.1) is 0 Å². The summed E-state index contributed by atoms with van der Waals surface area (Å²) >= 11 is 0. The van der Waals surface area contributed by atoms with Crippen LogP contribution in [0.5, 0.6) is 0 Å². The second-order valence-corrected chi connectivity index (χ2v) is 4.84. The van der Waals surface area contributed by atoms with Crippen molar-refractivity contribution in [1.29, 1.82) is 0 Å². The molecule has 0 bridgehead atoms. The van der Waals surface area contributed by atoms with Crippen LogP contribution in [0.1, 0.15) is 38.3 Å². The molecule has 1 unspecified atom stereocenters. The van der Waals surface area contributed by atoms with E-state index in [1.165, 1.54) is 0 Å². The molecule has 0 aliphatic rings. The number of carbonyl (C=O) groups is 1. The van der Waals surface area contributed by atoms with E-state index < -0.39 is 0 Å². The number of hydrogen-bond donors (Lipinski definition) is 2. The van der Waals surface area contributed by atoms with E-state index in [-0.39, 0.29) is 18.1 Å². The average molecular weight is 264 g/mol. The summed E-state index contributed by atoms with van der Waals surface area (Å²) in [5.74, 6) is -0.0131. The van der Waals surface area contributed by atoms with Gasteiger partial charge in [0.1, 0.15) is 0 Å². The fourth-order valence-electron chi connectivity index (χ4n) is 1.71. The average Bonchev–Trinajstić information content (AvgIpc) is 2.39. The van der Waals surface area contributed by atoms with Gasteiger partial charge in [0.2, 0.25) is 5.91 Å². The van der Waals surface area contributed by atoms with Gasteiger partial charge in [0.25, 0.3) is 0 Å². The van der Waals surface area contributed by atoms with Crippen molar-refractivity contribution in [2.75, 3.05) is 13.2 Å². The van der Waals surface area contributed by atoms with Crippen LogP contribution in [0.3, 0.4) is 0 Å². The van der Waals surface area contributed by atoms with E-state index in [4.69, 9.17) is 10.5 Å². The lowest BCUT2D eigenvalue weighted by Crippen LogP contribution is -2.29. The van der Waals surface area contributed by atoms with Crippen LogP contribution < -0.4 is 11.1 Å². The molecule has 0 heterocycles. The highest BCUT2D eigenvalue weighted by Crippen LogP contribution is 2.12. The molecule has 1 rings (SSSR count). The molecule has 0 saturated carbocycles. The predicted molar refractivity (Wildman–Crippen MR) is 76.7 cm³/mol. The van der Waals surface area contributed by atoms with Crippen molar-refractivity contribution in [3.63, 3.8) is 0 Å². The van der Waals surface area contributed by atoms with Crippen LogP contribution in [-0.2, 0) is 9.53 Å². The van der Waals surface area contributed by atoms with Gasteiger partial charge in [-0.1, -0.05) is 30.3 Å². The first kappa shape index (κ1) is 15.7. The molecule has 3 N–H and O–H groups in total. The lowest BCUT2D eigenvalue weighted by atomic mass is 10.0. The Kier molecular flexibility index (Phi) is 7.15. The third-order valence-electron chi connectivity index (χ3n) is 2.73. The zero-order chi connectivity index (χ0) is 14.1. The highest BCUT2D eigenvalue weighted by molar-refractivity contribution is 5.76. The fourth-order valence-corrected chi connectivity index (χ4v) is 1.71. The lowest BCUT2D eigenvalue weighted by molar-refractivity contribution is -0.121. The third-order valence-corrected chi connectivity index (χ3v) is 2.73. The van der Waals surface area contributed by atoms with Crippen molar-refractivity contribution < 1.29 is 9.53 Å². The van der Waals surface area contributed by atoms with Gasteiger partial charge in [0.15, 0.2) is 0 Å². The predicted octanol–water partition coefficient (Wildman–Crippen LogP) is 2.01. The minimum absolute atomic E-state index is 0.0131. The normalized spacial score (nSPS) is 12.4. The second-order valence-electron chi connectivity index (χ2n) is 4.84. The van der Waals surface area contributed by atoms with Crippen LogP contribution in [0.15, 0.2) is 30.3 Å². The Morgan fingerprint density at radius 1 is 1.32 bits per heavy atom. The smallest absolute Gasteiger partial charge is 0.221 e. The zero-order valence-electron chi connectivity index (χ0n) is 11.8. The summed E-state index contributed by atoms with van der Waals surface area (Å²) in [4.78, 5) is 11.7. The van der Waals surface area contributed by atoms with E-state index in [0.717, 1.165) is 12.0 Å². The number of nitrogens with two attached hydrogens (primary N) is 1. The molecule has 4 nitrogen and oxygen atoms in total. The minimum Gasteiger partial charge on any atom is -0.379 e. The topological polar surface area (TPSA) is 64.3 Å². The molecule has 19 heavy (non-hydrogen) atoms. The van der Waals surface area contributed by atoms with Gasteiger partial charge in [-0.2, -0.15) is 0 Å². The Labute approximate surface area is 115 Å². The molecular formula is C15H24N2O2. The van der Waals surface area contributed by atoms with Crippen LogP contribution in [0, 0.1) is 0 Å². The molecule has 0 aromatic heterocycles. The molecule has 0 radical (unpaired) electrons. The van der Waals surface area contributed by atoms with Gasteiger partial charge in [-0.3, -0.25) is 4.79 Å². The van der Waals surface area contributed by atoms with Crippen molar-refractivity contribution in [2.45, 2.75) is 38.8 Å². The second kappa shape index (κ2) is 8.67. The summed E-state index contributed by atoms with van der Waals surface area (Å²) in [6.07, 6.45) is 1.38. The molecule has 106 valence electrons. The Hall–Kier alpha value is -1.39. The molecular weight excluding hydrogens is 240 g/mol. The Bertz CT molecular complexity index is 366. The first-order valence-corrected chi connectivity index (χ1v) is 6.78. The Morgan fingerprint density at radius 3 is 2.63 bits per heavy atom. The van der Waals surface area contributed by atoms with Crippen LogP contribution >= 0.6 is 0 Å². The number of carbonyl (C=O) groups excluding carboxylic acids is 1. The maximum absolute atomic E-state index is 11.7. The lowest BCUT2D eigenvalue weighted by Gasteiger charge is -2.12. The van der Waals surface area contributed by atoms with E-state index >= 15 is 0 Å². The number of rotatable bonds is 8. The standard InChI is InChI=1S/C15H24N2O2/c1-12(2)19-10-6-9-17-15(18)11-14(16)13-7-4-3-5-8-13/h3-5,7-8,12,14H,6,9-11,16H2,1-2H3,(H,17,18).